The van der Waals surface area contributed by atoms with Gasteiger partial charge in [-0.25, -0.2) is 4.98 Å². The maximum absolute atomic E-state index is 5.87. The quantitative estimate of drug-likeness (QED) is 0.335. The molecule has 0 unspecified atom stereocenters. The van der Waals surface area contributed by atoms with Crippen molar-refractivity contribution < 1.29 is 14.2 Å². The van der Waals surface area contributed by atoms with Gasteiger partial charge in [-0.15, -0.1) is 21.5 Å². The monoisotopic (exact) mass is 466 g/mol. The zero-order chi connectivity index (χ0) is 21.9. The van der Waals surface area contributed by atoms with Crippen molar-refractivity contribution in [2.24, 2.45) is 7.05 Å². The van der Waals surface area contributed by atoms with Gasteiger partial charge in [-0.2, -0.15) is 0 Å². The van der Waals surface area contributed by atoms with Crippen molar-refractivity contribution in [1.29, 1.82) is 0 Å². The van der Waals surface area contributed by atoms with E-state index < -0.39 is 0 Å². The lowest BCUT2D eigenvalue weighted by Crippen LogP contribution is -2.04. The van der Waals surface area contributed by atoms with Crippen LogP contribution in [0.1, 0.15) is 24.0 Å². The van der Waals surface area contributed by atoms with Crippen LogP contribution in [0, 0.1) is 0 Å². The molecule has 1 aliphatic rings. The number of fused-ring (bicyclic) bond motifs is 1. The van der Waals surface area contributed by atoms with Gasteiger partial charge >= 0.3 is 0 Å². The van der Waals surface area contributed by atoms with Crippen molar-refractivity contribution in [3.63, 3.8) is 0 Å². The smallest absolute Gasteiger partial charge is 0.231 e. The van der Waals surface area contributed by atoms with Gasteiger partial charge in [-0.1, -0.05) is 30.8 Å². The Kier molecular flexibility index (Phi) is 6.00. The van der Waals surface area contributed by atoms with Crippen LogP contribution in [0.4, 0.5) is 0 Å². The van der Waals surface area contributed by atoms with Crippen LogP contribution in [0.3, 0.4) is 0 Å². The standard InChI is InChI=1S/C23H22N4O3S2/c1-3-15-4-7-18(8-5-15)28-11-21-25-26-23(27(21)2)32-13-17-12-31-22(24-17)16-6-9-19-20(10-16)30-14-29-19/h4-10,12H,3,11,13-14H2,1-2H3. The fourth-order valence-corrected chi connectivity index (χ4v) is 4.98. The molecule has 0 saturated carbocycles. The Hall–Kier alpha value is -3.04. The predicted molar refractivity (Wildman–Crippen MR) is 124 cm³/mol. The minimum absolute atomic E-state index is 0.272. The highest BCUT2D eigenvalue weighted by atomic mass is 32.2. The SMILES string of the molecule is CCc1ccc(OCc2nnc(SCc3csc(-c4ccc5c(c4)OCO5)n3)n2C)cc1. The molecule has 0 aliphatic carbocycles. The van der Waals surface area contributed by atoms with Crippen LogP contribution in [0.25, 0.3) is 10.6 Å². The molecule has 0 N–H and O–H groups in total. The number of aryl methyl sites for hydroxylation is 1. The molecule has 32 heavy (non-hydrogen) atoms. The highest BCUT2D eigenvalue weighted by Gasteiger charge is 2.16. The number of ether oxygens (including phenoxy) is 3. The van der Waals surface area contributed by atoms with Crippen LogP contribution in [0.5, 0.6) is 17.2 Å². The van der Waals surface area contributed by atoms with Crippen molar-refractivity contribution in [1.82, 2.24) is 19.7 Å². The maximum Gasteiger partial charge on any atom is 0.231 e. The molecule has 9 heteroatoms. The molecule has 2 aromatic heterocycles. The number of nitrogens with zero attached hydrogens (tertiary/aromatic N) is 4. The molecule has 1 aliphatic heterocycles. The molecule has 0 saturated heterocycles. The molecule has 0 bridgehead atoms. The van der Waals surface area contributed by atoms with Gasteiger partial charge in [0.15, 0.2) is 22.5 Å². The lowest BCUT2D eigenvalue weighted by Gasteiger charge is -2.07. The number of aromatic nitrogens is 4. The Morgan fingerprint density at radius 1 is 1.09 bits per heavy atom. The Balaban J connectivity index is 1.19. The van der Waals surface area contributed by atoms with E-state index in [0.717, 1.165) is 50.9 Å². The van der Waals surface area contributed by atoms with Gasteiger partial charge < -0.3 is 18.8 Å². The highest BCUT2D eigenvalue weighted by molar-refractivity contribution is 7.98. The Morgan fingerprint density at radius 3 is 2.78 bits per heavy atom. The first-order chi connectivity index (χ1) is 15.7. The first-order valence-electron chi connectivity index (χ1n) is 10.3. The van der Waals surface area contributed by atoms with Crippen LogP contribution in [0.2, 0.25) is 0 Å². The molecular weight excluding hydrogens is 444 g/mol. The van der Waals surface area contributed by atoms with E-state index in [1.807, 2.05) is 41.9 Å². The number of thioether (sulfide) groups is 1. The average molecular weight is 467 g/mol. The summed E-state index contributed by atoms with van der Waals surface area (Å²) in [6.45, 7) is 2.79. The van der Waals surface area contributed by atoms with Crippen molar-refractivity contribution in [2.45, 2.75) is 30.9 Å². The fraction of sp³-hybridized carbons (Fsp3) is 0.261. The van der Waals surface area contributed by atoms with Crippen LogP contribution >= 0.6 is 23.1 Å². The molecule has 0 amide bonds. The van der Waals surface area contributed by atoms with Gasteiger partial charge in [0.1, 0.15) is 17.4 Å². The second-order valence-electron chi connectivity index (χ2n) is 7.24. The third kappa shape index (κ3) is 4.44. The van der Waals surface area contributed by atoms with Crippen LogP contribution in [-0.2, 0) is 25.8 Å². The van der Waals surface area contributed by atoms with Crippen LogP contribution in [0.15, 0.2) is 53.0 Å². The second kappa shape index (κ2) is 9.22. The zero-order valence-electron chi connectivity index (χ0n) is 17.8. The summed E-state index contributed by atoms with van der Waals surface area (Å²) in [5.41, 5.74) is 3.32. The lowest BCUT2D eigenvalue weighted by molar-refractivity contribution is 0.174. The van der Waals surface area contributed by atoms with E-state index in [1.54, 1.807) is 23.1 Å². The van der Waals surface area contributed by atoms with Gasteiger partial charge in [-0.3, -0.25) is 0 Å². The van der Waals surface area contributed by atoms with Crippen molar-refractivity contribution in [3.8, 4) is 27.8 Å². The predicted octanol–water partition coefficient (Wildman–Crippen LogP) is 5.10. The topological polar surface area (TPSA) is 71.3 Å². The van der Waals surface area contributed by atoms with Gasteiger partial charge in [0.2, 0.25) is 6.79 Å². The second-order valence-corrected chi connectivity index (χ2v) is 9.05. The summed E-state index contributed by atoms with van der Waals surface area (Å²) in [7, 11) is 1.96. The summed E-state index contributed by atoms with van der Waals surface area (Å²) in [5.74, 6) is 3.88. The van der Waals surface area contributed by atoms with E-state index in [1.165, 1.54) is 5.56 Å². The van der Waals surface area contributed by atoms with E-state index in [4.69, 9.17) is 19.2 Å². The number of rotatable bonds is 8. The van der Waals surface area contributed by atoms with Gasteiger partial charge in [0.05, 0.1) is 5.69 Å². The number of thiazole rings is 1. The molecular formula is C23H22N4O3S2. The molecule has 0 spiro atoms. The minimum atomic E-state index is 0.272. The highest BCUT2D eigenvalue weighted by Crippen LogP contribution is 2.37. The Labute approximate surface area is 194 Å². The summed E-state index contributed by atoms with van der Waals surface area (Å²) in [6, 6.07) is 14.1. The van der Waals surface area contributed by atoms with Gasteiger partial charge in [-0.05, 0) is 42.3 Å². The summed E-state index contributed by atoms with van der Waals surface area (Å²) in [5, 5.41) is 12.5. The molecule has 5 rings (SSSR count). The fourth-order valence-electron chi connectivity index (χ4n) is 3.24. The van der Waals surface area contributed by atoms with E-state index in [9.17, 15) is 0 Å². The molecule has 7 nitrogen and oxygen atoms in total. The summed E-state index contributed by atoms with van der Waals surface area (Å²) in [4.78, 5) is 4.77. The summed E-state index contributed by atoms with van der Waals surface area (Å²) < 4.78 is 18.7. The van der Waals surface area contributed by atoms with Crippen molar-refractivity contribution >= 4 is 23.1 Å². The van der Waals surface area contributed by atoms with Gasteiger partial charge in [0.25, 0.3) is 0 Å². The molecule has 164 valence electrons. The summed E-state index contributed by atoms with van der Waals surface area (Å²) in [6.07, 6.45) is 1.02. The number of hydrogen-bond acceptors (Lipinski definition) is 8. The molecule has 2 aromatic carbocycles. The molecule has 0 radical (unpaired) electrons. The third-order valence-electron chi connectivity index (χ3n) is 5.15. The van der Waals surface area contributed by atoms with Crippen LogP contribution in [-0.4, -0.2) is 26.5 Å². The lowest BCUT2D eigenvalue weighted by atomic mass is 10.2. The first kappa shape index (κ1) is 20.8. The molecule has 3 heterocycles. The molecule has 0 atom stereocenters. The maximum atomic E-state index is 5.87. The average Bonchev–Trinajstić information content (AvgIpc) is 3.56. The van der Waals surface area contributed by atoms with E-state index >= 15 is 0 Å². The van der Waals surface area contributed by atoms with Crippen molar-refractivity contribution in [3.05, 3.63) is 64.9 Å². The van der Waals surface area contributed by atoms with E-state index in [0.29, 0.717) is 12.4 Å². The Bertz CT molecular complexity index is 1220. The van der Waals surface area contributed by atoms with E-state index in [-0.39, 0.29) is 6.79 Å². The van der Waals surface area contributed by atoms with Crippen molar-refractivity contribution in [2.75, 3.05) is 6.79 Å². The molecule has 0 fully saturated rings. The molecule has 4 aromatic rings. The normalized spacial score (nSPS) is 12.3. The largest absolute Gasteiger partial charge is 0.486 e. The van der Waals surface area contributed by atoms with Gasteiger partial charge in [0, 0.05) is 23.7 Å². The van der Waals surface area contributed by atoms with Crippen LogP contribution < -0.4 is 14.2 Å². The Morgan fingerprint density at radius 2 is 1.94 bits per heavy atom. The number of hydrogen-bond donors (Lipinski definition) is 0. The minimum Gasteiger partial charge on any atom is -0.486 e. The third-order valence-corrected chi connectivity index (χ3v) is 7.14. The first-order valence-corrected chi connectivity index (χ1v) is 12.1. The number of benzene rings is 2. The van der Waals surface area contributed by atoms with E-state index in [2.05, 4.69) is 34.6 Å². The zero-order valence-corrected chi connectivity index (χ0v) is 19.4. The summed E-state index contributed by atoms with van der Waals surface area (Å²) >= 11 is 3.23.